The van der Waals surface area contributed by atoms with E-state index in [4.69, 9.17) is 0 Å². The van der Waals surface area contributed by atoms with Crippen molar-refractivity contribution >= 4 is 10.9 Å². The molecule has 2 heteroatoms. The number of fused-ring (bicyclic) bond motifs is 1. The molecule has 0 saturated heterocycles. The SMILES string of the molecule is CC(C)c1ccc2c(C(C)C)n(C)nc2c1. The van der Waals surface area contributed by atoms with Crippen LogP contribution >= 0.6 is 0 Å². The highest BCUT2D eigenvalue weighted by Crippen LogP contribution is 2.27. The highest BCUT2D eigenvalue weighted by Gasteiger charge is 2.12. The fourth-order valence-corrected chi connectivity index (χ4v) is 2.28. The van der Waals surface area contributed by atoms with Gasteiger partial charge < -0.3 is 0 Å². The number of benzene rings is 1. The van der Waals surface area contributed by atoms with E-state index >= 15 is 0 Å². The van der Waals surface area contributed by atoms with Crippen molar-refractivity contribution in [2.45, 2.75) is 39.5 Å². The summed E-state index contributed by atoms with van der Waals surface area (Å²) in [5.74, 6) is 1.08. The second-order valence-electron chi connectivity index (χ2n) is 5.09. The zero-order chi connectivity index (χ0) is 11.9. The van der Waals surface area contributed by atoms with Gasteiger partial charge in [0.1, 0.15) is 0 Å². The Balaban J connectivity index is 2.65. The fourth-order valence-electron chi connectivity index (χ4n) is 2.28. The molecule has 0 spiro atoms. The van der Waals surface area contributed by atoms with Crippen LogP contribution in [-0.2, 0) is 7.05 Å². The molecule has 2 nitrogen and oxygen atoms in total. The number of hydrogen-bond donors (Lipinski definition) is 0. The molecule has 0 fully saturated rings. The average Bonchev–Trinajstić information content (AvgIpc) is 2.51. The zero-order valence-corrected chi connectivity index (χ0v) is 10.8. The number of aromatic nitrogens is 2. The van der Waals surface area contributed by atoms with Crippen molar-refractivity contribution in [1.29, 1.82) is 0 Å². The van der Waals surface area contributed by atoms with Gasteiger partial charge in [-0.15, -0.1) is 0 Å². The molecule has 16 heavy (non-hydrogen) atoms. The standard InChI is InChI=1S/C14H20N2/c1-9(2)11-6-7-12-13(8-11)15-16(5)14(12)10(3)4/h6-10H,1-5H3. The van der Waals surface area contributed by atoms with E-state index in [2.05, 4.69) is 51.0 Å². The smallest absolute Gasteiger partial charge is 0.0929 e. The van der Waals surface area contributed by atoms with Gasteiger partial charge >= 0.3 is 0 Å². The van der Waals surface area contributed by atoms with E-state index in [0.717, 1.165) is 5.52 Å². The van der Waals surface area contributed by atoms with Gasteiger partial charge in [-0.1, -0.05) is 39.8 Å². The summed E-state index contributed by atoms with van der Waals surface area (Å²) in [4.78, 5) is 0. The minimum absolute atomic E-state index is 0.514. The van der Waals surface area contributed by atoms with Crippen molar-refractivity contribution in [3.63, 3.8) is 0 Å². The molecular formula is C14H20N2. The Bertz CT molecular complexity index is 507. The monoisotopic (exact) mass is 216 g/mol. The molecular weight excluding hydrogens is 196 g/mol. The van der Waals surface area contributed by atoms with E-state index in [1.807, 2.05) is 11.7 Å². The molecule has 0 atom stereocenters. The molecule has 0 saturated carbocycles. The summed E-state index contributed by atoms with van der Waals surface area (Å²) in [5.41, 5.74) is 3.81. The van der Waals surface area contributed by atoms with Crippen LogP contribution in [0.1, 0.15) is 50.8 Å². The summed E-state index contributed by atoms with van der Waals surface area (Å²) >= 11 is 0. The Kier molecular flexibility index (Phi) is 2.75. The summed E-state index contributed by atoms with van der Waals surface area (Å²) < 4.78 is 2.01. The van der Waals surface area contributed by atoms with E-state index in [0.29, 0.717) is 11.8 Å². The molecule has 0 N–H and O–H groups in total. The largest absolute Gasteiger partial charge is 0.271 e. The predicted octanol–water partition coefficient (Wildman–Crippen LogP) is 3.82. The van der Waals surface area contributed by atoms with E-state index in [-0.39, 0.29) is 0 Å². The van der Waals surface area contributed by atoms with Crippen LogP contribution in [0.4, 0.5) is 0 Å². The highest BCUT2D eigenvalue weighted by molar-refractivity contribution is 5.82. The minimum atomic E-state index is 0.514. The van der Waals surface area contributed by atoms with Crippen LogP contribution in [0.2, 0.25) is 0 Å². The first-order chi connectivity index (χ1) is 7.50. The topological polar surface area (TPSA) is 17.8 Å². The lowest BCUT2D eigenvalue weighted by Crippen LogP contribution is -1.99. The van der Waals surface area contributed by atoms with E-state index in [9.17, 15) is 0 Å². The van der Waals surface area contributed by atoms with Gasteiger partial charge in [-0.05, 0) is 23.5 Å². The molecule has 2 aromatic rings. The minimum Gasteiger partial charge on any atom is -0.271 e. The van der Waals surface area contributed by atoms with Crippen molar-refractivity contribution in [3.05, 3.63) is 29.5 Å². The first kappa shape index (κ1) is 11.2. The summed E-state index contributed by atoms with van der Waals surface area (Å²) in [6.07, 6.45) is 0. The molecule has 0 aliphatic carbocycles. The number of aryl methyl sites for hydroxylation is 1. The third-order valence-corrected chi connectivity index (χ3v) is 3.12. The molecule has 1 heterocycles. The zero-order valence-electron chi connectivity index (χ0n) is 10.8. The Labute approximate surface area is 97.3 Å². The third-order valence-electron chi connectivity index (χ3n) is 3.12. The maximum Gasteiger partial charge on any atom is 0.0929 e. The molecule has 0 aliphatic heterocycles. The fraction of sp³-hybridized carbons (Fsp3) is 0.500. The van der Waals surface area contributed by atoms with Crippen molar-refractivity contribution in [3.8, 4) is 0 Å². The molecule has 1 aromatic carbocycles. The second-order valence-corrected chi connectivity index (χ2v) is 5.09. The second kappa shape index (κ2) is 3.93. The normalized spacial score (nSPS) is 11.9. The van der Waals surface area contributed by atoms with Crippen molar-refractivity contribution in [2.24, 2.45) is 7.05 Å². The molecule has 1 aromatic heterocycles. The van der Waals surface area contributed by atoms with Crippen LogP contribution in [0.15, 0.2) is 18.2 Å². The predicted molar refractivity (Wildman–Crippen MR) is 68.9 cm³/mol. The maximum atomic E-state index is 4.59. The van der Waals surface area contributed by atoms with Crippen LogP contribution in [0, 0.1) is 0 Å². The van der Waals surface area contributed by atoms with Gasteiger partial charge in [0.05, 0.1) is 5.52 Å². The van der Waals surface area contributed by atoms with Crippen molar-refractivity contribution in [1.82, 2.24) is 9.78 Å². The maximum absolute atomic E-state index is 4.59. The Morgan fingerprint density at radius 3 is 2.31 bits per heavy atom. The Morgan fingerprint density at radius 1 is 1.06 bits per heavy atom. The van der Waals surface area contributed by atoms with Crippen LogP contribution in [0.5, 0.6) is 0 Å². The molecule has 0 radical (unpaired) electrons. The van der Waals surface area contributed by atoms with Crippen LogP contribution in [0.3, 0.4) is 0 Å². The molecule has 0 unspecified atom stereocenters. The first-order valence-electron chi connectivity index (χ1n) is 5.97. The number of rotatable bonds is 2. The molecule has 0 amide bonds. The molecule has 0 aliphatic rings. The quantitative estimate of drug-likeness (QED) is 0.746. The molecule has 2 rings (SSSR count). The van der Waals surface area contributed by atoms with Gasteiger partial charge in [0.15, 0.2) is 0 Å². The van der Waals surface area contributed by atoms with Gasteiger partial charge in [0, 0.05) is 18.1 Å². The number of nitrogens with zero attached hydrogens (tertiary/aromatic N) is 2. The highest BCUT2D eigenvalue weighted by atomic mass is 15.3. The van der Waals surface area contributed by atoms with Crippen LogP contribution < -0.4 is 0 Å². The Morgan fingerprint density at radius 2 is 1.75 bits per heavy atom. The van der Waals surface area contributed by atoms with E-state index < -0.39 is 0 Å². The Hall–Kier alpha value is -1.31. The van der Waals surface area contributed by atoms with Gasteiger partial charge in [0.25, 0.3) is 0 Å². The summed E-state index contributed by atoms with van der Waals surface area (Å²) in [5, 5.41) is 5.89. The van der Waals surface area contributed by atoms with Crippen molar-refractivity contribution in [2.75, 3.05) is 0 Å². The third kappa shape index (κ3) is 1.73. The van der Waals surface area contributed by atoms with Crippen LogP contribution in [-0.4, -0.2) is 9.78 Å². The summed E-state index contributed by atoms with van der Waals surface area (Å²) in [7, 11) is 2.03. The molecule has 86 valence electrons. The lowest BCUT2D eigenvalue weighted by molar-refractivity contribution is 0.677. The average molecular weight is 216 g/mol. The van der Waals surface area contributed by atoms with Gasteiger partial charge in [-0.2, -0.15) is 5.10 Å². The van der Waals surface area contributed by atoms with E-state index in [1.165, 1.54) is 16.6 Å². The van der Waals surface area contributed by atoms with Gasteiger partial charge in [-0.25, -0.2) is 0 Å². The van der Waals surface area contributed by atoms with Gasteiger partial charge in [-0.3, -0.25) is 4.68 Å². The first-order valence-corrected chi connectivity index (χ1v) is 5.97. The molecule has 0 bridgehead atoms. The van der Waals surface area contributed by atoms with Crippen LogP contribution in [0.25, 0.3) is 10.9 Å². The lowest BCUT2D eigenvalue weighted by Gasteiger charge is -2.07. The lowest BCUT2D eigenvalue weighted by atomic mass is 9.99. The summed E-state index contributed by atoms with van der Waals surface area (Å²) in [6.45, 7) is 8.86. The van der Waals surface area contributed by atoms with Gasteiger partial charge in [0.2, 0.25) is 0 Å². The van der Waals surface area contributed by atoms with E-state index in [1.54, 1.807) is 0 Å². The van der Waals surface area contributed by atoms with Crippen molar-refractivity contribution < 1.29 is 0 Å². The number of hydrogen-bond acceptors (Lipinski definition) is 1. The summed E-state index contributed by atoms with van der Waals surface area (Å²) in [6, 6.07) is 6.65.